The number of hydrazine groups is 1. The van der Waals surface area contributed by atoms with Crippen LogP contribution in [0.2, 0.25) is 0 Å². The standard InChI is InChI=1S/C16H19N7S/c1-10-6-17-11(2)16-20-14(21-23(10)16)4-5-15-19-12(7-22(15)3)13-8-24-9-18-13/h6-9,16H,4-5H2,1-3H3,(H,20,21). The molecule has 8 heteroatoms. The van der Waals surface area contributed by atoms with E-state index in [2.05, 4.69) is 25.0 Å². The van der Waals surface area contributed by atoms with Crippen molar-refractivity contribution in [3.8, 4) is 11.4 Å². The molecule has 24 heavy (non-hydrogen) atoms. The molecule has 0 saturated heterocycles. The van der Waals surface area contributed by atoms with Gasteiger partial charge in [0, 0.05) is 37.7 Å². The number of aliphatic imine (C=N–C) groups is 2. The molecule has 0 spiro atoms. The Balaban J connectivity index is 1.46. The van der Waals surface area contributed by atoms with Gasteiger partial charge in [-0.05, 0) is 13.8 Å². The highest BCUT2D eigenvalue weighted by Gasteiger charge is 2.30. The van der Waals surface area contributed by atoms with E-state index in [1.807, 2.05) is 44.2 Å². The number of nitrogens with zero attached hydrogens (tertiary/aromatic N) is 6. The van der Waals surface area contributed by atoms with Crippen LogP contribution in [0.1, 0.15) is 26.1 Å². The van der Waals surface area contributed by atoms with Gasteiger partial charge in [0.1, 0.15) is 23.0 Å². The van der Waals surface area contributed by atoms with Crippen LogP contribution in [0, 0.1) is 0 Å². The number of allylic oxidation sites excluding steroid dienone is 1. The fourth-order valence-corrected chi connectivity index (χ4v) is 3.42. The molecule has 4 heterocycles. The van der Waals surface area contributed by atoms with Gasteiger partial charge in [-0.15, -0.1) is 11.3 Å². The van der Waals surface area contributed by atoms with Gasteiger partial charge in [-0.2, -0.15) is 0 Å². The zero-order valence-corrected chi connectivity index (χ0v) is 14.7. The van der Waals surface area contributed by atoms with Crippen LogP contribution in [-0.4, -0.2) is 37.3 Å². The third kappa shape index (κ3) is 2.62. The third-order valence-electron chi connectivity index (χ3n) is 4.23. The summed E-state index contributed by atoms with van der Waals surface area (Å²) in [6.45, 7) is 4.04. The smallest absolute Gasteiger partial charge is 0.179 e. The van der Waals surface area contributed by atoms with Gasteiger partial charge in [-0.1, -0.05) is 0 Å². The number of rotatable bonds is 4. The summed E-state index contributed by atoms with van der Waals surface area (Å²) in [5.41, 5.74) is 9.15. The molecule has 0 bridgehead atoms. The number of hydrogen-bond donors (Lipinski definition) is 1. The minimum Gasteiger partial charge on any atom is -0.337 e. The van der Waals surface area contributed by atoms with Crippen LogP contribution in [0.3, 0.4) is 0 Å². The Morgan fingerprint density at radius 1 is 1.25 bits per heavy atom. The fraction of sp³-hybridized carbons (Fsp3) is 0.375. The second-order valence-electron chi connectivity index (χ2n) is 6.00. The molecule has 7 nitrogen and oxygen atoms in total. The van der Waals surface area contributed by atoms with Gasteiger partial charge in [0.05, 0.1) is 16.9 Å². The molecule has 2 aliphatic heterocycles. The molecule has 1 N–H and O–H groups in total. The van der Waals surface area contributed by atoms with Gasteiger partial charge < -0.3 is 4.57 Å². The highest BCUT2D eigenvalue weighted by atomic mass is 32.1. The van der Waals surface area contributed by atoms with E-state index in [1.54, 1.807) is 11.3 Å². The number of fused-ring (bicyclic) bond motifs is 1. The Hall–Kier alpha value is -2.48. The monoisotopic (exact) mass is 341 g/mol. The molecule has 0 saturated carbocycles. The zero-order valence-electron chi connectivity index (χ0n) is 13.9. The van der Waals surface area contributed by atoms with E-state index in [9.17, 15) is 0 Å². The van der Waals surface area contributed by atoms with E-state index in [0.717, 1.165) is 47.3 Å². The number of aryl methyl sites for hydroxylation is 2. The van der Waals surface area contributed by atoms with E-state index < -0.39 is 0 Å². The topological polar surface area (TPSA) is 70.7 Å². The zero-order chi connectivity index (χ0) is 16.7. The van der Waals surface area contributed by atoms with Gasteiger partial charge >= 0.3 is 0 Å². The Labute approximate surface area is 144 Å². The molecule has 2 aromatic heterocycles. The number of imidazole rings is 1. The lowest BCUT2D eigenvalue weighted by Crippen LogP contribution is -2.43. The second-order valence-corrected chi connectivity index (χ2v) is 6.72. The normalized spacial score (nSPS) is 19.5. The highest BCUT2D eigenvalue weighted by Crippen LogP contribution is 2.21. The average molecular weight is 341 g/mol. The first-order valence-corrected chi connectivity index (χ1v) is 8.80. The number of aromatic nitrogens is 3. The van der Waals surface area contributed by atoms with E-state index in [0.29, 0.717) is 0 Å². The van der Waals surface area contributed by atoms with Crippen LogP contribution in [0.25, 0.3) is 11.4 Å². The Morgan fingerprint density at radius 3 is 2.88 bits per heavy atom. The Kier molecular flexibility index (Phi) is 3.68. The number of thiazole rings is 1. The Bertz CT molecular complexity index is 844. The van der Waals surface area contributed by atoms with Crippen molar-refractivity contribution in [3.63, 3.8) is 0 Å². The third-order valence-corrected chi connectivity index (χ3v) is 4.82. The summed E-state index contributed by atoms with van der Waals surface area (Å²) in [5, 5.41) is 4.08. The van der Waals surface area contributed by atoms with E-state index in [-0.39, 0.29) is 6.17 Å². The van der Waals surface area contributed by atoms with E-state index in [1.165, 1.54) is 0 Å². The number of amidine groups is 1. The molecule has 0 aliphatic carbocycles. The fourth-order valence-electron chi connectivity index (χ4n) is 2.87. The molecule has 0 amide bonds. The van der Waals surface area contributed by atoms with Crippen molar-refractivity contribution in [1.29, 1.82) is 0 Å². The molecule has 4 rings (SSSR count). The maximum absolute atomic E-state index is 4.76. The lowest BCUT2D eigenvalue weighted by atomic mass is 10.2. The number of hydrogen-bond acceptors (Lipinski definition) is 7. The van der Waals surface area contributed by atoms with Gasteiger partial charge in [-0.25, -0.2) is 15.0 Å². The second kappa shape index (κ2) is 5.86. The molecule has 1 atom stereocenters. The summed E-state index contributed by atoms with van der Waals surface area (Å²) < 4.78 is 2.06. The van der Waals surface area contributed by atoms with Gasteiger partial charge in [-0.3, -0.25) is 15.4 Å². The molecular formula is C16H19N7S. The minimum absolute atomic E-state index is 0.0167. The van der Waals surface area contributed by atoms with Crippen LogP contribution >= 0.6 is 11.3 Å². The predicted octanol–water partition coefficient (Wildman–Crippen LogP) is 2.36. The molecular weight excluding hydrogens is 322 g/mol. The lowest BCUT2D eigenvalue weighted by molar-refractivity contribution is 0.294. The van der Waals surface area contributed by atoms with Crippen molar-refractivity contribution in [2.45, 2.75) is 32.9 Å². The molecule has 0 fully saturated rings. The molecule has 2 aromatic rings. The van der Waals surface area contributed by atoms with Crippen molar-refractivity contribution in [3.05, 3.63) is 34.8 Å². The highest BCUT2D eigenvalue weighted by molar-refractivity contribution is 7.07. The average Bonchev–Trinajstić information content (AvgIpc) is 3.28. The first-order chi connectivity index (χ1) is 11.6. The first-order valence-electron chi connectivity index (χ1n) is 7.86. The van der Waals surface area contributed by atoms with Gasteiger partial charge in [0.25, 0.3) is 0 Å². The van der Waals surface area contributed by atoms with Crippen molar-refractivity contribution in [2.24, 2.45) is 17.0 Å². The van der Waals surface area contributed by atoms with Crippen LogP contribution in [0.15, 0.2) is 39.0 Å². The van der Waals surface area contributed by atoms with Crippen LogP contribution < -0.4 is 5.43 Å². The lowest BCUT2D eigenvalue weighted by Gasteiger charge is -2.27. The maximum Gasteiger partial charge on any atom is 0.179 e. The molecule has 1 unspecified atom stereocenters. The van der Waals surface area contributed by atoms with E-state index in [4.69, 9.17) is 9.98 Å². The predicted molar refractivity (Wildman–Crippen MR) is 95.7 cm³/mol. The summed E-state index contributed by atoms with van der Waals surface area (Å²) in [6, 6.07) is 0. The molecule has 124 valence electrons. The van der Waals surface area contributed by atoms with Crippen molar-refractivity contribution in [1.82, 2.24) is 25.0 Å². The van der Waals surface area contributed by atoms with Crippen LogP contribution in [-0.2, 0) is 13.5 Å². The van der Waals surface area contributed by atoms with Crippen LogP contribution in [0.4, 0.5) is 0 Å². The Morgan fingerprint density at radius 2 is 2.12 bits per heavy atom. The quantitative estimate of drug-likeness (QED) is 0.927. The van der Waals surface area contributed by atoms with Crippen LogP contribution in [0.5, 0.6) is 0 Å². The van der Waals surface area contributed by atoms with Crippen molar-refractivity contribution in [2.75, 3.05) is 0 Å². The maximum atomic E-state index is 4.76. The summed E-state index contributed by atoms with van der Waals surface area (Å²) >= 11 is 1.58. The van der Waals surface area contributed by atoms with Gasteiger partial charge in [0.2, 0.25) is 0 Å². The summed E-state index contributed by atoms with van der Waals surface area (Å²) in [6.07, 6.45) is 5.52. The molecule has 2 aliphatic rings. The summed E-state index contributed by atoms with van der Waals surface area (Å²) in [5.74, 6) is 2.01. The van der Waals surface area contributed by atoms with Gasteiger partial charge in [0.15, 0.2) is 6.17 Å². The largest absolute Gasteiger partial charge is 0.337 e. The van der Waals surface area contributed by atoms with Crippen molar-refractivity contribution >= 4 is 22.9 Å². The minimum atomic E-state index is -0.0167. The number of nitrogens with one attached hydrogen (secondary N) is 1. The summed E-state index contributed by atoms with van der Waals surface area (Å²) in [4.78, 5) is 18.2. The van der Waals surface area contributed by atoms with E-state index >= 15 is 0 Å². The van der Waals surface area contributed by atoms with Crippen molar-refractivity contribution < 1.29 is 0 Å². The molecule has 0 aromatic carbocycles. The SMILES string of the molecule is CC1=CN=C(C)C2N=C(CCc3nc(-c4cscn4)cn3C)NN12. The molecule has 0 radical (unpaired) electrons. The first kappa shape index (κ1) is 15.1. The summed E-state index contributed by atoms with van der Waals surface area (Å²) in [7, 11) is 2.02.